The number of nitrogens with one attached hydrogen (secondary N) is 1. The van der Waals surface area contributed by atoms with Gasteiger partial charge in [0, 0.05) is 18.6 Å². The standard InChI is InChI=1S/C13H20N4S/c1-4-14-12(13-9-18-10(2)16-13)6-5-11-7-15-17(3)8-11/h7-9,12,14H,4-6H2,1-3H3. The third-order valence-corrected chi connectivity index (χ3v) is 3.72. The van der Waals surface area contributed by atoms with Gasteiger partial charge in [-0.15, -0.1) is 11.3 Å². The lowest BCUT2D eigenvalue weighted by molar-refractivity contribution is 0.505. The van der Waals surface area contributed by atoms with Gasteiger partial charge >= 0.3 is 0 Å². The van der Waals surface area contributed by atoms with Crippen LogP contribution in [0.5, 0.6) is 0 Å². The Morgan fingerprint density at radius 2 is 2.33 bits per heavy atom. The molecule has 0 fully saturated rings. The van der Waals surface area contributed by atoms with Crippen molar-refractivity contribution in [1.82, 2.24) is 20.1 Å². The van der Waals surface area contributed by atoms with E-state index >= 15 is 0 Å². The predicted molar refractivity (Wildman–Crippen MR) is 74.8 cm³/mol. The molecule has 1 unspecified atom stereocenters. The SMILES string of the molecule is CCNC(CCc1cnn(C)c1)c1csc(C)n1. The summed E-state index contributed by atoms with van der Waals surface area (Å²) in [4.78, 5) is 4.58. The van der Waals surface area contributed by atoms with E-state index in [-0.39, 0.29) is 0 Å². The fourth-order valence-corrected chi connectivity index (χ4v) is 2.72. The zero-order chi connectivity index (χ0) is 13.0. The van der Waals surface area contributed by atoms with Crippen LogP contribution >= 0.6 is 11.3 Å². The first-order valence-corrected chi connectivity index (χ1v) is 7.20. The van der Waals surface area contributed by atoms with Crippen LogP contribution in [0.15, 0.2) is 17.8 Å². The van der Waals surface area contributed by atoms with Gasteiger partial charge in [-0.05, 0) is 31.9 Å². The molecular formula is C13H20N4S. The van der Waals surface area contributed by atoms with Crippen LogP contribution in [0.4, 0.5) is 0 Å². The Labute approximate surface area is 112 Å². The van der Waals surface area contributed by atoms with Crippen LogP contribution in [-0.2, 0) is 13.5 Å². The van der Waals surface area contributed by atoms with E-state index in [4.69, 9.17) is 0 Å². The molecule has 18 heavy (non-hydrogen) atoms. The van der Waals surface area contributed by atoms with Gasteiger partial charge in [-0.25, -0.2) is 4.98 Å². The molecule has 0 saturated heterocycles. The molecule has 0 amide bonds. The summed E-state index contributed by atoms with van der Waals surface area (Å²) in [5, 5.41) is 11.0. The van der Waals surface area contributed by atoms with E-state index in [1.54, 1.807) is 11.3 Å². The predicted octanol–water partition coefficient (Wildman–Crippen LogP) is 2.47. The second-order valence-electron chi connectivity index (χ2n) is 4.46. The normalized spacial score (nSPS) is 12.8. The molecule has 2 rings (SSSR count). The largest absolute Gasteiger partial charge is 0.309 e. The first-order valence-electron chi connectivity index (χ1n) is 6.32. The number of hydrogen-bond donors (Lipinski definition) is 1. The summed E-state index contributed by atoms with van der Waals surface area (Å²) in [6, 6.07) is 0.347. The number of hydrogen-bond acceptors (Lipinski definition) is 4. The average molecular weight is 264 g/mol. The third kappa shape index (κ3) is 3.40. The molecule has 2 aromatic rings. The van der Waals surface area contributed by atoms with Gasteiger partial charge < -0.3 is 5.32 Å². The first kappa shape index (κ1) is 13.2. The highest BCUT2D eigenvalue weighted by molar-refractivity contribution is 7.09. The van der Waals surface area contributed by atoms with Crippen molar-refractivity contribution < 1.29 is 0 Å². The van der Waals surface area contributed by atoms with Gasteiger partial charge in [0.25, 0.3) is 0 Å². The second kappa shape index (κ2) is 6.11. The van der Waals surface area contributed by atoms with Gasteiger partial charge in [0.1, 0.15) is 0 Å². The molecule has 1 N–H and O–H groups in total. The fourth-order valence-electron chi connectivity index (χ4n) is 2.05. The van der Waals surface area contributed by atoms with Crippen molar-refractivity contribution in [3.05, 3.63) is 34.0 Å². The van der Waals surface area contributed by atoms with Crippen molar-refractivity contribution in [3.8, 4) is 0 Å². The maximum atomic E-state index is 4.58. The molecule has 5 heteroatoms. The summed E-state index contributed by atoms with van der Waals surface area (Å²) < 4.78 is 1.85. The molecule has 98 valence electrons. The maximum Gasteiger partial charge on any atom is 0.0898 e. The van der Waals surface area contributed by atoms with Crippen LogP contribution in [0.25, 0.3) is 0 Å². The van der Waals surface area contributed by atoms with Crippen molar-refractivity contribution in [1.29, 1.82) is 0 Å². The minimum absolute atomic E-state index is 0.347. The topological polar surface area (TPSA) is 42.7 Å². The lowest BCUT2D eigenvalue weighted by Crippen LogP contribution is -2.21. The van der Waals surface area contributed by atoms with Crippen LogP contribution < -0.4 is 5.32 Å². The van der Waals surface area contributed by atoms with Crippen molar-refractivity contribution in [2.75, 3.05) is 6.54 Å². The van der Waals surface area contributed by atoms with E-state index in [0.29, 0.717) is 6.04 Å². The van der Waals surface area contributed by atoms with Gasteiger partial charge in [-0.1, -0.05) is 6.92 Å². The Bertz CT molecular complexity index is 489. The van der Waals surface area contributed by atoms with Gasteiger partial charge in [0.05, 0.1) is 22.9 Å². The Kier molecular flexibility index (Phi) is 4.49. The lowest BCUT2D eigenvalue weighted by atomic mass is 10.1. The van der Waals surface area contributed by atoms with Gasteiger partial charge in [-0.3, -0.25) is 4.68 Å². The fraction of sp³-hybridized carbons (Fsp3) is 0.538. The Morgan fingerprint density at radius 3 is 2.89 bits per heavy atom. The van der Waals surface area contributed by atoms with E-state index < -0.39 is 0 Å². The maximum absolute atomic E-state index is 4.58. The number of aryl methyl sites for hydroxylation is 3. The smallest absolute Gasteiger partial charge is 0.0898 e. The average Bonchev–Trinajstić information content (AvgIpc) is 2.94. The zero-order valence-corrected chi connectivity index (χ0v) is 12.0. The molecular weight excluding hydrogens is 244 g/mol. The van der Waals surface area contributed by atoms with Gasteiger partial charge in [0.15, 0.2) is 0 Å². The molecule has 0 spiro atoms. The van der Waals surface area contributed by atoms with Crippen molar-refractivity contribution in [2.45, 2.75) is 32.7 Å². The number of aromatic nitrogens is 3. The molecule has 1 atom stereocenters. The molecule has 0 aliphatic rings. The van der Waals surface area contributed by atoms with Crippen molar-refractivity contribution in [3.63, 3.8) is 0 Å². The molecule has 0 saturated carbocycles. The molecule has 0 aliphatic heterocycles. The lowest BCUT2D eigenvalue weighted by Gasteiger charge is -2.15. The summed E-state index contributed by atoms with van der Waals surface area (Å²) in [5.41, 5.74) is 2.45. The number of thiazole rings is 1. The highest BCUT2D eigenvalue weighted by Crippen LogP contribution is 2.21. The van der Waals surface area contributed by atoms with Crippen molar-refractivity contribution >= 4 is 11.3 Å². The molecule has 4 nitrogen and oxygen atoms in total. The molecule has 0 aromatic carbocycles. The quantitative estimate of drug-likeness (QED) is 0.871. The Hall–Kier alpha value is -1.20. The van der Waals surface area contributed by atoms with E-state index in [0.717, 1.165) is 24.4 Å². The Balaban J connectivity index is 1.98. The molecule has 2 aromatic heterocycles. The van der Waals surface area contributed by atoms with Crippen LogP contribution in [-0.4, -0.2) is 21.3 Å². The van der Waals surface area contributed by atoms with Crippen molar-refractivity contribution in [2.24, 2.45) is 7.05 Å². The molecule has 0 bridgehead atoms. The van der Waals surface area contributed by atoms with E-state index in [1.165, 1.54) is 11.3 Å². The monoisotopic (exact) mass is 264 g/mol. The number of nitrogens with zero attached hydrogens (tertiary/aromatic N) is 3. The van der Waals surface area contributed by atoms with Gasteiger partial charge in [-0.2, -0.15) is 5.10 Å². The Morgan fingerprint density at radius 1 is 1.50 bits per heavy atom. The zero-order valence-electron chi connectivity index (χ0n) is 11.2. The summed E-state index contributed by atoms with van der Waals surface area (Å²) in [6.07, 6.45) is 6.11. The first-order chi connectivity index (χ1) is 8.69. The van der Waals surface area contributed by atoms with Crippen LogP contribution in [0.1, 0.15) is 35.7 Å². The summed E-state index contributed by atoms with van der Waals surface area (Å²) in [6.45, 7) is 5.16. The highest BCUT2D eigenvalue weighted by atomic mass is 32.1. The number of rotatable bonds is 6. The minimum atomic E-state index is 0.347. The third-order valence-electron chi connectivity index (χ3n) is 2.92. The van der Waals surface area contributed by atoms with E-state index in [9.17, 15) is 0 Å². The molecule has 0 aliphatic carbocycles. The van der Waals surface area contributed by atoms with Crippen LogP contribution in [0.3, 0.4) is 0 Å². The summed E-state index contributed by atoms with van der Waals surface area (Å²) in [5.74, 6) is 0. The highest BCUT2D eigenvalue weighted by Gasteiger charge is 2.13. The minimum Gasteiger partial charge on any atom is -0.309 e. The molecule has 2 heterocycles. The summed E-state index contributed by atoms with van der Waals surface area (Å²) >= 11 is 1.72. The second-order valence-corrected chi connectivity index (χ2v) is 5.52. The van der Waals surface area contributed by atoms with Crippen LogP contribution in [0, 0.1) is 6.92 Å². The van der Waals surface area contributed by atoms with E-state index in [1.807, 2.05) is 17.9 Å². The summed E-state index contributed by atoms with van der Waals surface area (Å²) in [7, 11) is 1.95. The molecule has 0 radical (unpaired) electrons. The van der Waals surface area contributed by atoms with Gasteiger partial charge in [0.2, 0.25) is 0 Å². The van der Waals surface area contributed by atoms with Crippen LogP contribution in [0.2, 0.25) is 0 Å². The van der Waals surface area contributed by atoms with E-state index in [2.05, 4.69) is 40.8 Å².